The molecule has 0 fully saturated rings. The van der Waals surface area contributed by atoms with Crippen LogP contribution in [0.2, 0.25) is 10.0 Å². The van der Waals surface area contributed by atoms with Gasteiger partial charge in [-0.1, -0.05) is 41.4 Å². The molecule has 28 heavy (non-hydrogen) atoms. The molecule has 0 atom stereocenters. The maximum absolute atomic E-state index is 11.4. The topological polar surface area (TPSA) is 69.9 Å². The number of aromatic nitrogens is 2. The SMILES string of the molecule is O=c1[nH]c2ccc(NCc3cc(Cl)ccc3OCc3ccccc3Cl)cc2[nH]1. The lowest BCUT2D eigenvalue weighted by Crippen LogP contribution is -2.04. The van der Waals surface area contributed by atoms with Gasteiger partial charge in [-0.25, -0.2) is 4.79 Å². The Bertz CT molecular complexity index is 1180. The summed E-state index contributed by atoms with van der Waals surface area (Å²) < 4.78 is 5.99. The number of benzene rings is 3. The number of anilines is 1. The van der Waals surface area contributed by atoms with E-state index in [0.29, 0.717) is 23.2 Å². The second-order valence-corrected chi connectivity index (χ2v) is 7.17. The molecule has 3 N–H and O–H groups in total. The van der Waals surface area contributed by atoms with Crippen LogP contribution < -0.4 is 15.7 Å². The van der Waals surface area contributed by atoms with Gasteiger partial charge >= 0.3 is 5.69 Å². The monoisotopic (exact) mass is 413 g/mol. The summed E-state index contributed by atoms with van der Waals surface area (Å²) in [7, 11) is 0. The molecule has 0 saturated carbocycles. The van der Waals surface area contributed by atoms with Crippen LogP contribution in [0, 0.1) is 0 Å². The molecule has 0 aliphatic rings. The number of rotatable bonds is 6. The molecule has 4 rings (SSSR count). The van der Waals surface area contributed by atoms with Gasteiger partial charge in [0.05, 0.1) is 11.0 Å². The number of halogens is 2. The molecule has 0 radical (unpaired) electrons. The number of hydrogen-bond donors (Lipinski definition) is 3. The van der Waals surface area contributed by atoms with Crippen molar-refractivity contribution < 1.29 is 4.74 Å². The molecule has 4 aromatic rings. The van der Waals surface area contributed by atoms with Crippen LogP contribution in [0.25, 0.3) is 11.0 Å². The molecular formula is C21H17Cl2N3O2. The summed E-state index contributed by atoms with van der Waals surface area (Å²) in [4.78, 5) is 16.9. The molecule has 142 valence electrons. The number of ether oxygens (including phenoxy) is 1. The fourth-order valence-corrected chi connectivity index (χ4v) is 3.32. The van der Waals surface area contributed by atoms with Crippen molar-refractivity contribution in [2.75, 3.05) is 5.32 Å². The number of fused-ring (bicyclic) bond motifs is 1. The second kappa shape index (κ2) is 8.00. The average molecular weight is 414 g/mol. The quantitative estimate of drug-likeness (QED) is 0.398. The second-order valence-electron chi connectivity index (χ2n) is 6.33. The Balaban J connectivity index is 1.50. The largest absolute Gasteiger partial charge is 0.488 e. The molecule has 0 spiro atoms. The maximum atomic E-state index is 11.4. The van der Waals surface area contributed by atoms with Gasteiger partial charge in [0, 0.05) is 33.4 Å². The minimum absolute atomic E-state index is 0.225. The minimum atomic E-state index is -0.225. The van der Waals surface area contributed by atoms with Crippen molar-refractivity contribution in [3.63, 3.8) is 0 Å². The molecule has 5 nitrogen and oxygen atoms in total. The number of nitrogens with one attached hydrogen (secondary N) is 3. The molecule has 0 unspecified atom stereocenters. The Morgan fingerprint density at radius 1 is 0.893 bits per heavy atom. The summed E-state index contributed by atoms with van der Waals surface area (Å²) in [5, 5.41) is 4.64. The molecule has 3 aromatic carbocycles. The van der Waals surface area contributed by atoms with Crippen molar-refractivity contribution in [1.29, 1.82) is 0 Å². The third-order valence-corrected chi connectivity index (χ3v) is 4.97. The lowest BCUT2D eigenvalue weighted by atomic mass is 10.2. The van der Waals surface area contributed by atoms with Crippen LogP contribution in [-0.4, -0.2) is 9.97 Å². The highest BCUT2D eigenvalue weighted by Crippen LogP contribution is 2.26. The summed E-state index contributed by atoms with van der Waals surface area (Å²) in [6.45, 7) is 0.878. The first kappa shape index (κ1) is 18.5. The molecule has 0 amide bonds. The highest BCUT2D eigenvalue weighted by atomic mass is 35.5. The third kappa shape index (κ3) is 4.16. The van der Waals surface area contributed by atoms with Gasteiger partial charge < -0.3 is 20.0 Å². The third-order valence-electron chi connectivity index (χ3n) is 4.36. The van der Waals surface area contributed by atoms with Gasteiger partial charge in [0.1, 0.15) is 12.4 Å². The van der Waals surface area contributed by atoms with Gasteiger partial charge in [0.15, 0.2) is 0 Å². The van der Waals surface area contributed by atoms with Crippen molar-refractivity contribution in [3.05, 3.63) is 92.3 Å². The predicted molar refractivity (Wildman–Crippen MR) is 113 cm³/mol. The van der Waals surface area contributed by atoms with Crippen LogP contribution in [0.15, 0.2) is 65.5 Å². The average Bonchev–Trinajstić information content (AvgIpc) is 3.06. The van der Waals surface area contributed by atoms with Crippen LogP contribution >= 0.6 is 23.2 Å². The molecule has 0 saturated heterocycles. The van der Waals surface area contributed by atoms with E-state index >= 15 is 0 Å². The van der Waals surface area contributed by atoms with Gasteiger partial charge in [0.25, 0.3) is 0 Å². The Morgan fingerprint density at radius 3 is 2.57 bits per heavy atom. The molecule has 0 aliphatic heterocycles. The van der Waals surface area contributed by atoms with Crippen LogP contribution in [0.4, 0.5) is 5.69 Å². The summed E-state index contributed by atoms with van der Waals surface area (Å²) in [6, 6.07) is 18.7. The Hall–Kier alpha value is -2.89. The summed E-state index contributed by atoms with van der Waals surface area (Å²) in [6.07, 6.45) is 0. The lowest BCUT2D eigenvalue weighted by molar-refractivity contribution is 0.303. The highest BCUT2D eigenvalue weighted by molar-refractivity contribution is 6.31. The zero-order chi connectivity index (χ0) is 19.5. The summed E-state index contributed by atoms with van der Waals surface area (Å²) >= 11 is 12.4. The van der Waals surface area contributed by atoms with E-state index in [9.17, 15) is 4.79 Å². The van der Waals surface area contributed by atoms with Gasteiger partial charge in [-0.2, -0.15) is 0 Å². The zero-order valence-corrected chi connectivity index (χ0v) is 16.3. The van der Waals surface area contributed by atoms with E-state index in [4.69, 9.17) is 27.9 Å². The Morgan fingerprint density at radius 2 is 1.71 bits per heavy atom. The van der Waals surface area contributed by atoms with Gasteiger partial charge in [-0.15, -0.1) is 0 Å². The molecule has 1 aromatic heterocycles. The molecule has 7 heteroatoms. The van der Waals surface area contributed by atoms with Crippen molar-refractivity contribution in [3.8, 4) is 5.75 Å². The van der Waals surface area contributed by atoms with Crippen LogP contribution in [0.5, 0.6) is 5.75 Å². The number of hydrogen-bond acceptors (Lipinski definition) is 3. The fourth-order valence-electron chi connectivity index (χ4n) is 2.94. The Kier molecular flexibility index (Phi) is 5.28. The van der Waals surface area contributed by atoms with E-state index in [1.165, 1.54) is 0 Å². The first-order valence-corrected chi connectivity index (χ1v) is 9.44. The smallest absolute Gasteiger partial charge is 0.323 e. The fraction of sp³-hybridized carbons (Fsp3) is 0.0952. The van der Waals surface area contributed by atoms with E-state index in [1.807, 2.05) is 54.6 Å². The molecule has 0 aliphatic carbocycles. The summed E-state index contributed by atoms with van der Waals surface area (Å²) in [5.74, 6) is 0.730. The van der Waals surface area contributed by atoms with Gasteiger partial charge in [0.2, 0.25) is 0 Å². The lowest BCUT2D eigenvalue weighted by Gasteiger charge is -2.14. The molecular weight excluding hydrogens is 397 g/mol. The van der Waals surface area contributed by atoms with Crippen LogP contribution in [0.1, 0.15) is 11.1 Å². The first-order chi connectivity index (χ1) is 13.6. The van der Waals surface area contributed by atoms with Gasteiger partial charge in [-0.3, -0.25) is 0 Å². The predicted octanol–water partition coefficient (Wildman–Crippen LogP) is 5.35. The Labute approximate surface area is 171 Å². The minimum Gasteiger partial charge on any atom is -0.488 e. The molecule has 0 bridgehead atoms. The normalized spacial score (nSPS) is 10.9. The number of H-pyrrole nitrogens is 2. The van der Waals surface area contributed by atoms with E-state index in [-0.39, 0.29) is 5.69 Å². The number of aromatic amines is 2. The van der Waals surface area contributed by atoms with Crippen molar-refractivity contribution >= 4 is 39.9 Å². The highest BCUT2D eigenvalue weighted by Gasteiger charge is 2.08. The summed E-state index contributed by atoms with van der Waals surface area (Å²) in [5.41, 5.74) is 4.00. The van der Waals surface area contributed by atoms with Crippen molar-refractivity contribution in [1.82, 2.24) is 9.97 Å². The first-order valence-electron chi connectivity index (χ1n) is 8.69. The standard InChI is InChI=1S/C21H17Cl2N3O2/c22-15-5-8-20(28-12-13-3-1-2-4-17(13)23)14(9-15)11-24-16-6-7-18-19(10-16)26-21(27)25-18/h1-10,24H,11-12H2,(H2,25,26,27). The zero-order valence-electron chi connectivity index (χ0n) is 14.8. The van der Waals surface area contributed by atoms with Crippen molar-refractivity contribution in [2.24, 2.45) is 0 Å². The van der Waals surface area contributed by atoms with E-state index in [0.717, 1.165) is 33.6 Å². The maximum Gasteiger partial charge on any atom is 0.323 e. The van der Waals surface area contributed by atoms with E-state index < -0.39 is 0 Å². The van der Waals surface area contributed by atoms with Crippen molar-refractivity contribution in [2.45, 2.75) is 13.2 Å². The van der Waals surface area contributed by atoms with E-state index in [1.54, 1.807) is 6.07 Å². The van der Waals surface area contributed by atoms with E-state index in [2.05, 4.69) is 15.3 Å². The van der Waals surface area contributed by atoms with Gasteiger partial charge in [-0.05, 0) is 42.5 Å². The van der Waals surface area contributed by atoms with Crippen LogP contribution in [0.3, 0.4) is 0 Å². The van der Waals surface area contributed by atoms with Crippen LogP contribution in [-0.2, 0) is 13.2 Å². The number of imidazole rings is 1. The molecule has 1 heterocycles.